The zero-order valence-electron chi connectivity index (χ0n) is 13.1. The smallest absolute Gasteiger partial charge is 0.297 e. The van der Waals surface area contributed by atoms with Crippen molar-refractivity contribution < 1.29 is 8.78 Å². The van der Waals surface area contributed by atoms with Gasteiger partial charge in [0, 0.05) is 30.4 Å². The monoisotopic (exact) mass is 326 g/mol. The highest BCUT2D eigenvalue weighted by molar-refractivity contribution is 5.91. The van der Waals surface area contributed by atoms with Crippen molar-refractivity contribution in [2.75, 3.05) is 23.8 Å². The molecule has 1 aliphatic heterocycles. The average Bonchev–Trinajstić information content (AvgIpc) is 2.95. The molecule has 0 saturated heterocycles. The molecule has 4 nitrogen and oxygen atoms in total. The standard InChI is InChI=1S/C18H16F2N4/c1-24-9-8-11-6-7-12(10-15(11)24)21-17-13-4-2-3-5-14(13)22-18(23-17)16(19)20/h2-7,10,16H,8-9H2,1H3,(H,21,22,23). The number of rotatable bonds is 3. The van der Waals surface area contributed by atoms with Crippen LogP contribution in [-0.2, 0) is 6.42 Å². The fraction of sp³-hybridized carbons (Fsp3) is 0.222. The van der Waals surface area contributed by atoms with Gasteiger partial charge in [0.2, 0.25) is 0 Å². The van der Waals surface area contributed by atoms with Crippen LogP contribution >= 0.6 is 0 Å². The largest absolute Gasteiger partial charge is 0.374 e. The summed E-state index contributed by atoms with van der Waals surface area (Å²) in [5.74, 6) is -0.0639. The molecule has 24 heavy (non-hydrogen) atoms. The number of fused-ring (bicyclic) bond motifs is 2. The summed E-state index contributed by atoms with van der Waals surface area (Å²) in [6, 6.07) is 13.2. The first kappa shape index (κ1) is 14.8. The lowest BCUT2D eigenvalue weighted by Gasteiger charge is -2.15. The Morgan fingerprint density at radius 1 is 1.12 bits per heavy atom. The SMILES string of the molecule is CN1CCc2ccc(Nc3nc(C(F)F)nc4ccccc34)cc21. The number of likely N-dealkylation sites (N-methyl/N-ethyl adjacent to an activating group) is 1. The third-order valence-electron chi connectivity index (χ3n) is 4.29. The van der Waals surface area contributed by atoms with Gasteiger partial charge in [0.05, 0.1) is 5.52 Å². The molecule has 0 amide bonds. The molecule has 0 radical (unpaired) electrons. The summed E-state index contributed by atoms with van der Waals surface area (Å²) in [5, 5.41) is 3.90. The van der Waals surface area contributed by atoms with E-state index in [2.05, 4.69) is 26.3 Å². The summed E-state index contributed by atoms with van der Waals surface area (Å²) in [6.45, 7) is 0.991. The number of halogens is 2. The molecule has 122 valence electrons. The molecule has 0 saturated carbocycles. The Bertz CT molecular complexity index is 911. The van der Waals surface area contributed by atoms with Crippen molar-refractivity contribution in [3.63, 3.8) is 0 Å². The summed E-state index contributed by atoms with van der Waals surface area (Å²) >= 11 is 0. The van der Waals surface area contributed by atoms with Gasteiger partial charge in [-0.1, -0.05) is 18.2 Å². The van der Waals surface area contributed by atoms with E-state index in [0.29, 0.717) is 11.3 Å². The molecule has 0 atom stereocenters. The molecule has 1 aliphatic rings. The van der Waals surface area contributed by atoms with Gasteiger partial charge in [-0.2, -0.15) is 0 Å². The zero-order chi connectivity index (χ0) is 16.7. The topological polar surface area (TPSA) is 41.0 Å². The molecule has 0 spiro atoms. The Hall–Kier alpha value is -2.76. The van der Waals surface area contributed by atoms with E-state index >= 15 is 0 Å². The van der Waals surface area contributed by atoms with Crippen LogP contribution in [0, 0.1) is 0 Å². The van der Waals surface area contributed by atoms with Crippen LogP contribution in [0.2, 0.25) is 0 Å². The Kier molecular flexibility index (Phi) is 3.52. The highest BCUT2D eigenvalue weighted by atomic mass is 19.3. The fourth-order valence-corrected chi connectivity index (χ4v) is 3.04. The minimum absolute atomic E-state index is 0.400. The van der Waals surface area contributed by atoms with E-state index < -0.39 is 12.2 Å². The number of hydrogen-bond acceptors (Lipinski definition) is 4. The number of nitrogens with one attached hydrogen (secondary N) is 1. The minimum atomic E-state index is -2.71. The Balaban J connectivity index is 1.78. The number of para-hydroxylation sites is 1. The first-order chi connectivity index (χ1) is 11.6. The maximum Gasteiger partial charge on any atom is 0.297 e. The molecule has 0 aliphatic carbocycles. The Morgan fingerprint density at radius 3 is 2.79 bits per heavy atom. The van der Waals surface area contributed by atoms with Crippen molar-refractivity contribution >= 4 is 28.1 Å². The van der Waals surface area contributed by atoms with Crippen molar-refractivity contribution in [2.45, 2.75) is 12.8 Å². The van der Waals surface area contributed by atoms with E-state index in [1.165, 1.54) is 5.56 Å². The summed E-state index contributed by atoms with van der Waals surface area (Å²) < 4.78 is 26.2. The van der Waals surface area contributed by atoms with Gasteiger partial charge in [-0.15, -0.1) is 0 Å². The molecule has 0 bridgehead atoms. The van der Waals surface area contributed by atoms with Gasteiger partial charge in [0.25, 0.3) is 6.43 Å². The van der Waals surface area contributed by atoms with Crippen LogP contribution in [0.3, 0.4) is 0 Å². The first-order valence-electron chi connectivity index (χ1n) is 7.78. The maximum absolute atomic E-state index is 13.1. The lowest BCUT2D eigenvalue weighted by atomic mass is 10.1. The van der Waals surface area contributed by atoms with E-state index in [4.69, 9.17) is 0 Å². The molecular weight excluding hydrogens is 310 g/mol. The number of aromatic nitrogens is 2. The van der Waals surface area contributed by atoms with E-state index in [-0.39, 0.29) is 0 Å². The van der Waals surface area contributed by atoms with Crippen LogP contribution < -0.4 is 10.2 Å². The summed E-state index contributed by atoms with van der Waals surface area (Å²) in [6.07, 6.45) is -1.68. The predicted octanol–water partition coefficient (Wildman–Crippen LogP) is 4.30. The molecule has 6 heteroatoms. The van der Waals surface area contributed by atoms with Gasteiger partial charge in [0.15, 0.2) is 5.82 Å². The van der Waals surface area contributed by atoms with Crippen LogP contribution in [0.5, 0.6) is 0 Å². The van der Waals surface area contributed by atoms with E-state index in [9.17, 15) is 8.78 Å². The number of benzene rings is 2. The second kappa shape index (κ2) is 5.70. The van der Waals surface area contributed by atoms with Crippen molar-refractivity contribution in [3.05, 3.63) is 53.9 Å². The van der Waals surface area contributed by atoms with Crippen molar-refractivity contribution in [1.29, 1.82) is 0 Å². The van der Waals surface area contributed by atoms with Crippen LogP contribution in [0.1, 0.15) is 17.8 Å². The molecular formula is C18H16F2N4. The van der Waals surface area contributed by atoms with Crippen molar-refractivity contribution in [1.82, 2.24) is 9.97 Å². The molecule has 1 N–H and O–H groups in total. The average molecular weight is 326 g/mol. The van der Waals surface area contributed by atoms with E-state index in [1.807, 2.05) is 31.3 Å². The highest BCUT2D eigenvalue weighted by Crippen LogP contribution is 2.32. The normalized spacial score (nSPS) is 13.6. The maximum atomic E-state index is 13.1. The van der Waals surface area contributed by atoms with Crippen LogP contribution in [0.25, 0.3) is 10.9 Å². The molecule has 0 unspecified atom stereocenters. The summed E-state index contributed by atoms with van der Waals surface area (Å²) in [7, 11) is 2.05. The fourth-order valence-electron chi connectivity index (χ4n) is 3.04. The second-order valence-corrected chi connectivity index (χ2v) is 5.89. The quantitative estimate of drug-likeness (QED) is 0.779. The number of alkyl halides is 2. The minimum Gasteiger partial charge on any atom is -0.374 e. The first-order valence-corrected chi connectivity index (χ1v) is 7.78. The van der Waals surface area contributed by atoms with Crippen molar-refractivity contribution in [2.24, 2.45) is 0 Å². The Morgan fingerprint density at radius 2 is 1.96 bits per heavy atom. The van der Waals surface area contributed by atoms with Crippen molar-refractivity contribution in [3.8, 4) is 0 Å². The van der Waals surface area contributed by atoms with Crippen LogP contribution in [0.15, 0.2) is 42.5 Å². The molecule has 2 aromatic carbocycles. The second-order valence-electron chi connectivity index (χ2n) is 5.89. The Labute approximate surface area is 138 Å². The van der Waals surface area contributed by atoms with Gasteiger partial charge < -0.3 is 10.2 Å². The lowest BCUT2D eigenvalue weighted by Crippen LogP contribution is -2.12. The van der Waals surface area contributed by atoms with Gasteiger partial charge >= 0.3 is 0 Å². The molecule has 0 fully saturated rings. The third-order valence-corrected chi connectivity index (χ3v) is 4.29. The van der Waals surface area contributed by atoms with Gasteiger partial charge in [-0.3, -0.25) is 0 Å². The molecule has 3 aromatic rings. The molecule has 1 aromatic heterocycles. The zero-order valence-corrected chi connectivity index (χ0v) is 13.1. The third kappa shape index (κ3) is 2.54. The van der Waals surface area contributed by atoms with E-state index in [1.54, 1.807) is 12.1 Å². The summed E-state index contributed by atoms with van der Waals surface area (Å²) in [4.78, 5) is 10.1. The van der Waals surface area contributed by atoms with Crippen LogP contribution in [0.4, 0.5) is 26.0 Å². The molecule has 4 rings (SSSR count). The highest BCUT2D eigenvalue weighted by Gasteiger charge is 2.18. The van der Waals surface area contributed by atoms with Gasteiger partial charge in [-0.05, 0) is 36.2 Å². The number of anilines is 3. The predicted molar refractivity (Wildman–Crippen MR) is 91.2 cm³/mol. The van der Waals surface area contributed by atoms with E-state index in [0.717, 1.165) is 29.7 Å². The van der Waals surface area contributed by atoms with Gasteiger partial charge in [0.1, 0.15) is 5.82 Å². The van der Waals surface area contributed by atoms with Crippen LogP contribution in [-0.4, -0.2) is 23.6 Å². The lowest BCUT2D eigenvalue weighted by molar-refractivity contribution is 0.141. The number of hydrogen-bond donors (Lipinski definition) is 1. The van der Waals surface area contributed by atoms with Gasteiger partial charge in [-0.25, -0.2) is 18.7 Å². The molecule has 2 heterocycles. The number of nitrogens with zero attached hydrogens (tertiary/aromatic N) is 3. The summed E-state index contributed by atoms with van der Waals surface area (Å²) in [5.41, 5.74) is 3.78.